The molecule has 13 heavy (non-hydrogen) atoms. The number of rotatable bonds is 1. The third kappa shape index (κ3) is 1.29. The van der Waals surface area contributed by atoms with Crippen LogP contribution < -0.4 is 5.32 Å². The summed E-state index contributed by atoms with van der Waals surface area (Å²) in [5, 5.41) is 12.0. The van der Waals surface area contributed by atoms with Crippen LogP contribution in [0.3, 0.4) is 0 Å². The van der Waals surface area contributed by atoms with Crippen molar-refractivity contribution in [1.29, 1.82) is 0 Å². The molecule has 0 aliphatic carbocycles. The number of aliphatic carboxylic acids is 1. The Hall–Kier alpha value is -1.10. The molecule has 2 N–H and O–H groups in total. The predicted molar refractivity (Wildman–Crippen MR) is 44.1 cm³/mol. The second kappa shape index (κ2) is 2.99. The Morgan fingerprint density at radius 2 is 2.38 bits per heavy atom. The van der Waals surface area contributed by atoms with Crippen molar-refractivity contribution in [1.82, 2.24) is 10.2 Å². The van der Waals surface area contributed by atoms with Crippen molar-refractivity contribution in [2.45, 2.75) is 12.5 Å². The lowest BCUT2D eigenvalue weighted by atomic mass is 10.00. The maximum absolute atomic E-state index is 11.4. The lowest BCUT2D eigenvalue weighted by molar-refractivity contribution is -0.142. The standard InChI is InChI=1S/C8H12N2O3/c11-7-3-5(8(12)13)6-4-9-1-2-10(6)7/h5-6,9H,1-4H2,(H,12,13). The zero-order chi connectivity index (χ0) is 9.42. The van der Waals surface area contributed by atoms with E-state index in [1.165, 1.54) is 0 Å². The number of nitrogens with one attached hydrogen (secondary N) is 1. The first-order chi connectivity index (χ1) is 6.20. The van der Waals surface area contributed by atoms with Gasteiger partial charge in [-0.3, -0.25) is 9.59 Å². The molecule has 0 bridgehead atoms. The van der Waals surface area contributed by atoms with Gasteiger partial charge in [0.1, 0.15) is 0 Å². The zero-order valence-corrected chi connectivity index (χ0v) is 7.19. The number of hydrogen-bond acceptors (Lipinski definition) is 3. The Kier molecular flexibility index (Phi) is 1.95. The van der Waals surface area contributed by atoms with Gasteiger partial charge in [-0.05, 0) is 0 Å². The molecule has 5 heteroatoms. The summed E-state index contributed by atoms with van der Waals surface area (Å²) in [6.45, 7) is 2.03. The van der Waals surface area contributed by atoms with Crippen LogP contribution in [-0.4, -0.2) is 47.6 Å². The van der Waals surface area contributed by atoms with E-state index in [1.807, 2.05) is 0 Å². The minimum absolute atomic E-state index is 0.0149. The van der Waals surface area contributed by atoms with Crippen molar-refractivity contribution in [2.24, 2.45) is 5.92 Å². The highest BCUT2D eigenvalue weighted by molar-refractivity contribution is 5.87. The highest BCUT2D eigenvalue weighted by Gasteiger charge is 2.44. The largest absolute Gasteiger partial charge is 0.481 e. The van der Waals surface area contributed by atoms with E-state index in [0.29, 0.717) is 13.1 Å². The van der Waals surface area contributed by atoms with E-state index in [2.05, 4.69) is 5.32 Å². The molecular weight excluding hydrogens is 172 g/mol. The SMILES string of the molecule is O=C(O)C1CC(=O)N2CCNCC12. The topological polar surface area (TPSA) is 69.6 Å². The Bertz CT molecular complexity index is 254. The minimum Gasteiger partial charge on any atom is -0.481 e. The van der Waals surface area contributed by atoms with E-state index in [-0.39, 0.29) is 18.4 Å². The zero-order valence-electron chi connectivity index (χ0n) is 7.19. The van der Waals surface area contributed by atoms with Gasteiger partial charge in [-0.2, -0.15) is 0 Å². The normalized spacial score (nSPS) is 33.2. The number of carboxylic acid groups (broad SMARTS) is 1. The van der Waals surface area contributed by atoms with Crippen molar-refractivity contribution in [2.75, 3.05) is 19.6 Å². The van der Waals surface area contributed by atoms with Crippen LogP contribution in [0.2, 0.25) is 0 Å². The summed E-state index contributed by atoms with van der Waals surface area (Å²) in [6, 6.07) is -0.126. The van der Waals surface area contributed by atoms with Crippen LogP contribution in [0.1, 0.15) is 6.42 Å². The Morgan fingerprint density at radius 3 is 3.08 bits per heavy atom. The molecule has 2 fully saturated rings. The first-order valence-corrected chi connectivity index (χ1v) is 4.43. The fraction of sp³-hybridized carbons (Fsp3) is 0.750. The molecule has 2 rings (SSSR count). The van der Waals surface area contributed by atoms with Crippen LogP contribution in [0.25, 0.3) is 0 Å². The number of piperazine rings is 1. The Labute approximate surface area is 75.7 Å². The van der Waals surface area contributed by atoms with Crippen LogP contribution in [0.4, 0.5) is 0 Å². The lowest BCUT2D eigenvalue weighted by Crippen LogP contribution is -2.52. The molecule has 0 spiro atoms. The molecule has 1 amide bonds. The van der Waals surface area contributed by atoms with Crippen molar-refractivity contribution in [3.05, 3.63) is 0 Å². The molecule has 0 aromatic carbocycles. The average molecular weight is 184 g/mol. The van der Waals surface area contributed by atoms with Gasteiger partial charge >= 0.3 is 5.97 Å². The van der Waals surface area contributed by atoms with Crippen molar-refractivity contribution in [3.8, 4) is 0 Å². The third-order valence-electron chi connectivity index (χ3n) is 2.78. The Morgan fingerprint density at radius 1 is 1.62 bits per heavy atom. The number of hydrogen-bond donors (Lipinski definition) is 2. The first-order valence-electron chi connectivity index (χ1n) is 4.43. The average Bonchev–Trinajstić information content (AvgIpc) is 2.45. The van der Waals surface area contributed by atoms with Gasteiger partial charge < -0.3 is 15.3 Å². The summed E-state index contributed by atoms with van der Waals surface area (Å²) in [6.07, 6.45) is 0.168. The van der Waals surface area contributed by atoms with Gasteiger partial charge in [0.15, 0.2) is 0 Å². The number of carbonyl (C=O) groups is 2. The number of nitrogens with zero attached hydrogens (tertiary/aromatic N) is 1. The van der Waals surface area contributed by atoms with E-state index in [0.717, 1.165) is 6.54 Å². The van der Waals surface area contributed by atoms with Gasteiger partial charge in [-0.25, -0.2) is 0 Å². The quantitative estimate of drug-likeness (QED) is 0.542. The molecule has 0 saturated carbocycles. The maximum atomic E-state index is 11.4. The first kappa shape index (κ1) is 8.50. The third-order valence-corrected chi connectivity index (χ3v) is 2.78. The molecule has 5 nitrogen and oxygen atoms in total. The highest BCUT2D eigenvalue weighted by atomic mass is 16.4. The van der Waals surface area contributed by atoms with Gasteiger partial charge in [0.2, 0.25) is 5.91 Å². The molecule has 2 unspecified atom stereocenters. The van der Waals surface area contributed by atoms with E-state index in [4.69, 9.17) is 5.11 Å². The molecule has 0 aromatic rings. The Balaban J connectivity index is 2.17. The summed E-state index contributed by atoms with van der Waals surface area (Å²) in [7, 11) is 0. The van der Waals surface area contributed by atoms with Crippen LogP contribution in [-0.2, 0) is 9.59 Å². The lowest BCUT2D eigenvalue weighted by Gasteiger charge is -2.31. The van der Waals surface area contributed by atoms with Crippen molar-refractivity contribution < 1.29 is 14.7 Å². The van der Waals surface area contributed by atoms with E-state index in [1.54, 1.807) is 4.90 Å². The van der Waals surface area contributed by atoms with Gasteiger partial charge in [0.05, 0.1) is 12.0 Å². The minimum atomic E-state index is -0.857. The summed E-state index contributed by atoms with van der Waals surface area (Å²) in [4.78, 5) is 23.8. The maximum Gasteiger partial charge on any atom is 0.309 e. The van der Waals surface area contributed by atoms with Crippen LogP contribution >= 0.6 is 0 Å². The number of carboxylic acids is 1. The molecule has 2 atom stereocenters. The molecule has 2 heterocycles. The molecule has 2 aliphatic rings. The number of fused-ring (bicyclic) bond motifs is 1. The fourth-order valence-corrected chi connectivity index (χ4v) is 2.09. The number of amides is 1. The monoisotopic (exact) mass is 184 g/mol. The molecule has 0 aromatic heterocycles. The smallest absolute Gasteiger partial charge is 0.309 e. The van der Waals surface area contributed by atoms with Crippen molar-refractivity contribution >= 4 is 11.9 Å². The molecule has 2 aliphatic heterocycles. The second-order valence-electron chi connectivity index (χ2n) is 3.51. The van der Waals surface area contributed by atoms with Gasteiger partial charge in [0.25, 0.3) is 0 Å². The van der Waals surface area contributed by atoms with Gasteiger partial charge in [-0.15, -0.1) is 0 Å². The van der Waals surface area contributed by atoms with Crippen LogP contribution in [0.5, 0.6) is 0 Å². The summed E-state index contributed by atoms with van der Waals surface area (Å²) >= 11 is 0. The molecule has 2 saturated heterocycles. The molecular formula is C8H12N2O3. The summed E-state index contributed by atoms with van der Waals surface area (Å²) in [5.41, 5.74) is 0. The summed E-state index contributed by atoms with van der Waals surface area (Å²) in [5.74, 6) is -1.39. The van der Waals surface area contributed by atoms with Gasteiger partial charge in [-0.1, -0.05) is 0 Å². The van der Waals surface area contributed by atoms with E-state index in [9.17, 15) is 9.59 Å². The van der Waals surface area contributed by atoms with Gasteiger partial charge in [0, 0.05) is 26.1 Å². The van der Waals surface area contributed by atoms with E-state index < -0.39 is 11.9 Å². The van der Waals surface area contributed by atoms with Crippen molar-refractivity contribution in [3.63, 3.8) is 0 Å². The molecule has 0 radical (unpaired) electrons. The van der Waals surface area contributed by atoms with Crippen LogP contribution in [0, 0.1) is 5.92 Å². The second-order valence-corrected chi connectivity index (χ2v) is 3.51. The summed E-state index contributed by atoms with van der Waals surface area (Å²) < 4.78 is 0. The highest BCUT2D eigenvalue weighted by Crippen LogP contribution is 2.26. The predicted octanol–water partition coefficient (Wildman–Crippen LogP) is -1.11. The molecule has 72 valence electrons. The fourth-order valence-electron chi connectivity index (χ4n) is 2.09. The van der Waals surface area contributed by atoms with Crippen LogP contribution in [0.15, 0.2) is 0 Å². The van der Waals surface area contributed by atoms with E-state index >= 15 is 0 Å². The number of carbonyl (C=O) groups excluding carboxylic acids is 1.